The van der Waals surface area contributed by atoms with Crippen LogP contribution in [-0.4, -0.2) is 66.2 Å². The Bertz CT molecular complexity index is 347. The number of carbonyl (C=O) groups is 2. The van der Waals surface area contributed by atoms with E-state index in [1.165, 1.54) is 4.90 Å². The molecule has 0 bridgehead atoms. The first-order valence-corrected chi connectivity index (χ1v) is 6.35. The fraction of sp³-hybridized carbons (Fsp3) is 0.833. The highest BCUT2D eigenvalue weighted by Crippen LogP contribution is 2.14. The normalized spacial score (nSPS) is 21.8. The van der Waals surface area contributed by atoms with Crippen LogP contribution in [0, 0.1) is 0 Å². The van der Waals surface area contributed by atoms with Crippen LogP contribution in [0.4, 0.5) is 4.79 Å². The summed E-state index contributed by atoms with van der Waals surface area (Å²) in [5.41, 5.74) is -0.519. The number of ether oxygens (including phenoxy) is 1. The number of rotatable bonds is 1. The minimum Gasteiger partial charge on any atom is -0.444 e. The Morgan fingerprint density at radius 2 is 2.00 bits per heavy atom. The van der Waals surface area contributed by atoms with Crippen molar-refractivity contribution < 1.29 is 14.3 Å². The quantitative estimate of drug-likeness (QED) is 0.718. The Labute approximate surface area is 107 Å². The molecule has 0 atom stereocenters. The third-order valence-electron chi connectivity index (χ3n) is 3.11. The molecule has 0 aromatic heterocycles. The van der Waals surface area contributed by atoms with E-state index in [0.717, 1.165) is 13.1 Å². The maximum atomic E-state index is 12.0. The summed E-state index contributed by atoms with van der Waals surface area (Å²) in [4.78, 5) is 27.1. The van der Waals surface area contributed by atoms with Gasteiger partial charge in [-0.1, -0.05) is 0 Å². The van der Waals surface area contributed by atoms with Gasteiger partial charge in [-0.3, -0.25) is 9.69 Å². The Hall–Kier alpha value is -1.30. The lowest BCUT2D eigenvalue weighted by atomic mass is 10.1. The van der Waals surface area contributed by atoms with Crippen LogP contribution in [0.3, 0.4) is 0 Å². The lowest BCUT2D eigenvalue weighted by Crippen LogP contribution is -2.64. The first kappa shape index (κ1) is 13.1. The standard InChI is InChI=1S/C12H21N3O3/c1-12(2,3)18-11(17)14-4-5-15(10(16)8-14)9-6-13-7-9/h9,13H,4-8H2,1-3H3. The number of carbonyl (C=O) groups excluding carboxylic acids is 2. The molecule has 0 saturated carbocycles. The van der Waals surface area contributed by atoms with Gasteiger partial charge < -0.3 is 15.0 Å². The summed E-state index contributed by atoms with van der Waals surface area (Å²) in [6, 6.07) is 0.304. The number of hydrogen-bond acceptors (Lipinski definition) is 4. The molecule has 0 aromatic rings. The van der Waals surface area contributed by atoms with Crippen LogP contribution < -0.4 is 5.32 Å². The summed E-state index contributed by atoms with van der Waals surface area (Å²) in [5, 5.41) is 3.14. The third kappa shape index (κ3) is 2.93. The van der Waals surface area contributed by atoms with E-state index in [4.69, 9.17) is 4.74 Å². The van der Waals surface area contributed by atoms with Crippen molar-refractivity contribution >= 4 is 12.0 Å². The molecule has 0 unspecified atom stereocenters. The van der Waals surface area contributed by atoms with Crippen LogP contribution in [0.2, 0.25) is 0 Å². The molecule has 1 N–H and O–H groups in total. The molecule has 2 aliphatic heterocycles. The van der Waals surface area contributed by atoms with Gasteiger partial charge in [-0.2, -0.15) is 0 Å². The third-order valence-corrected chi connectivity index (χ3v) is 3.11. The van der Waals surface area contributed by atoms with Crippen molar-refractivity contribution in [3.05, 3.63) is 0 Å². The summed E-state index contributed by atoms with van der Waals surface area (Å²) in [6.07, 6.45) is -0.401. The van der Waals surface area contributed by atoms with Gasteiger partial charge in [0.25, 0.3) is 0 Å². The molecule has 0 radical (unpaired) electrons. The van der Waals surface area contributed by atoms with E-state index in [1.54, 1.807) is 0 Å². The highest BCUT2D eigenvalue weighted by molar-refractivity contribution is 5.84. The van der Waals surface area contributed by atoms with Gasteiger partial charge >= 0.3 is 6.09 Å². The van der Waals surface area contributed by atoms with E-state index < -0.39 is 11.7 Å². The fourth-order valence-electron chi connectivity index (χ4n) is 2.05. The molecule has 2 aliphatic rings. The van der Waals surface area contributed by atoms with Gasteiger partial charge in [-0.15, -0.1) is 0 Å². The summed E-state index contributed by atoms with van der Waals surface area (Å²) in [6.45, 7) is 8.47. The summed E-state index contributed by atoms with van der Waals surface area (Å²) < 4.78 is 5.27. The van der Waals surface area contributed by atoms with E-state index in [9.17, 15) is 9.59 Å². The van der Waals surface area contributed by atoms with Crippen molar-refractivity contribution in [3.8, 4) is 0 Å². The lowest BCUT2D eigenvalue weighted by Gasteiger charge is -2.43. The number of amides is 2. The second-order valence-electron chi connectivity index (χ2n) is 5.80. The number of hydrogen-bond donors (Lipinski definition) is 1. The minimum atomic E-state index is -0.519. The maximum absolute atomic E-state index is 12.0. The molecule has 6 heteroatoms. The molecule has 0 aliphatic carbocycles. The minimum absolute atomic E-state index is 0.0126. The molecule has 0 aromatic carbocycles. The molecular formula is C12H21N3O3. The zero-order valence-corrected chi connectivity index (χ0v) is 11.2. The van der Waals surface area contributed by atoms with Gasteiger partial charge in [0.15, 0.2) is 0 Å². The molecule has 2 fully saturated rings. The largest absolute Gasteiger partial charge is 0.444 e. The average Bonchev–Trinajstić information content (AvgIpc) is 2.15. The van der Waals surface area contributed by atoms with E-state index in [1.807, 2.05) is 25.7 Å². The van der Waals surface area contributed by atoms with Crippen LogP contribution in [0.25, 0.3) is 0 Å². The predicted octanol–water partition coefficient (Wildman–Crippen LogP) is 0.0375. The molecule has 2 rings (SSSR count). The Kier molecular flexibility index (Phi) is 3.47. The van der Waals surface area contributed by atoms with Crippen molar-refractivity contribution in [2.45, 2.75) is 32.4 Å². The predicted molar refractivity (Wildman–Crippen MR) is 66.2 cm³/mol. The zero-order valence-electron chi connectivity index (χ0n) is 11.2. The first-order chi connectivity index (χ1) is 8.37. The molecule has 102 valence electrons. The monoisotopic (exact) mass is 255 g/mol. The van der Waals surface area contributed by atoms with Crippen molar-refractivity contribution in [3.63, 3.8) is 0 Å². The Morgan fingerprint density at radius 1 is 1.33 bits per heavy atom. The van der Waals surface area contributed by atoms with E-state index in [-0.39, 0.29) is 12.5 Å². The fourth-order valence-corrected chi connectivity index (χ4v) is 2.05. The molecule has 18 heavy (non-hydrogen) atoms. The maximum Gasteiger partial charge on any atom is 0.410 e. The Morgan fingerprint density at radius 3 is 2.44 bits per heavy atom. The van der Waals surface area contributed by atoms with Crippen LogP contribution in [-0.2, 0) is 9.53 Å². The van der Waals surface area contributed by atoms with E-state index in [0.29, 0.717) is 19.1 Å². The van der Waals surface area contributed by atoms with Crippen LogP contribution in [0.1, 0.15) is 20.8 Å². The number of nitrogens with zero attached hydrogens (tertiary/aromatic N) is 2. The highest BCUT2D eigenvalue weighted by Gasteiger charge is 2.35. The number of piperazine rings is 1. The van der Waals surface area contributed by atoms with Gasteiger partial charge in [0.1, 0.15) is 12.1 Å². The lowest BCUT2D eigenvalue weighted by molar-refractivity contribution is -0.139. The molecule has 6 nitrogen and oxygen atoms in total. The Balaban J connectivity index is 1.87. The van der Waals surface area contributed by atoms with Crippen LogP contribution in [0.5, 0.6) is 0 Å². The van der Waals surface area contributed by atoms with Gasteiger partial charge in [0.2, 0.25) is 5.91 Å². The number of nitrogens with one attached hydrogen (secondary N) is 1. The van der Waals surface area contributed by atoms with E-state index >= 15 is 0 Å². The SMILES string of the molecule is CC(C)(C)OC(=O)N1CCN(C2CNC2)C(=O)C1. The van der Waals surface area contributed by atoms with Crippen LogP contribution >= 0.6 is 0 Å². The highest BCUT2D eigenvalue weighted by atomic mass is 16.6. The van der Waals surface area contributed by atoms with Crippen molar-refractivity contribution in [2.24, 2.45) is 0 Å². The van der Waals surface area contributed by atoms with Gasteiger partial charge in [0, 0.05) is 26.2 Å². The van der Waals surface area contributed by atoms with Crippen molar-refractivity contribution in [1.29, 1.82) is 0 Å². The van der Waals surface area contributed by atoms with Gasteiger partial charge in [-0.05, 0) is 20.8 Å². The molecule has 0 spiro atoms. The second-order valence-corrected chi connectivity index (χ2v) is 5.80. The molecule has 2 heterocycles. The average molecular weight is 255 g/mol. The smallest absolute Gasteiger partial charge is 0.410 e. The van der Waals surface area contributed by atoms with Crippen molar-refractivity contribution in [2.75, 3.05) is 32.7 Å². The van der Waals surface area contributed by atoms with Crippen molar-refractivity contribution in [1.82, 2.24) is 15.1 Å². The molecule has 2 amide bonds. The molecule has 2 saturated heterocycles. The summed E-state index contributed by atoms with van der Waals surface area (Å²) in [5.74, 6) is 0.0126. The first-order valence-electron chi connectivity index (χ1n) is 6.35. The van der Waals surface area contributed by atoms with E-state index in [2.05, 4.69) is 5.32 Å². The molecular weight excluding hydrogens is 234 g/mol. The topological polar surface area (TPSA) is 61.9 Å². The summed E-state index contributed by atoms with van der Waals surface area (Å²) >= 11 is 0. The second kappa shape index (κ2) is 4.76. The summed E-state index contributed by atoms with van der Waals surface area (Å²) in [7, 11) is 0. The van der Waals surface area contributed by atoms with Gasteiger partial charge in [0.05, 0.1) is 6.04 Å². The van der Waals surface area contributed by atoms with Gasteiger partial charge in [-0.25, -0.2) is 4.79 Å². The zero-order chi connectivity index (χ0) is 13.3. The van der Waals surface area contributed by atoms with Crippen LogP contribution in [0.15, 0.2) is 0 Å².